The van der Waals surface area contributed by atoms with Gasteiger partial charge in [0.15, 0.2) is 0 Å². The fraction of sp³-hybridized carbons (Fsp3) is 0.600. The molecule has 0 spiro atoms. The van der Waals surface area contributed by atoms with E-state index in [1.54, 1.807) is 13.1 Å². The molecule has 0 bridgehead atoms. The number of hydrogen-bond donors (Lipinski definition) is 1. The molecule has 0 amide bonds. The third kappa shape index (κ3) is 4.17. The van der Waals surface area contributed by atoms with Crippen LogP contribution in [0.3, 0.4) is 0 Å². The molecule has 1 fully saturated rings. The largest absolute Gasteiger partial charge is 0.399 e. The van der Waals surface area contributed by atoms with Gasteiger partial charge in [-0.3, -0.25) is 0 Å². The van der Waals surface area contributed by atoms with Gasteiger partial charge in [0.05, 0.1) is 6.26 Å². The summed E-state index contributed by atoms with van der Waals surface area (Å²) in [5, 5.41) is 0. The zero-order chi connectivity index (χ0) is 15.6. The van der Waals surface area contributed by atoms with Crippen molar-refractivity contribution >= 4 is 15.7 Å². The van der Waals surface area contributed by atoms with Crippen molar-refractivity contribution in [1.82, 2.24) is 4.31 Å². The molecule has 1 saturated carbocycles. The summed E-state index contributed by atoms with van der Waals surface area (Å²) < 4.78 is 37.8. The quantitative estimate of drug-likeness (QED) is 0.868. The van der Waals surface area contributed by atoms with Crippen LogP contribution in [-0.4, -0.2) is 32.1 Å². The van der Waals surface area contributed by atoms with Gasteiger partial charge in [0.2, 0.25) is 10.0 Å². The number of rotatable bonds is 4. The Morgan fingerprint density at radius 1 is 1.29 bits per heavy atom. The van der Waals surface area contributed by atoms with Gasteiger partial charge in [-0.15, -0.1) is 0 Å². The molecule has 0 saturated heterocycles. The maximum absolute atomic E-state index is 13.3. The van der Waals surface area contributed by atoms with Crippen molar-refractivity contribution in [2.24, 2.45) is 5.92 Å². The van der Waals surface area contributed by atoms with Gasteiger partial charge < -0.3 is 5.73 Å². The number of nitrogens with two attached hydrogens (primary N) is 1. The first-order valence-corrected chi connectivity index (χ1v) is 9.09. The Morgan fingerprint density at radius 2 is 1.90 bits per heavy atom. The molecule has 0 aromatic heterocycles. The van der Waals surface area contributed by atoms with Gasteiger partial charge >= 0.3 is 0 Å². The molecule has 6 heteroatoms. The van der Waals surface area contributed by atoms with Gasteiger partial charge in [-0.25, -0.2) is 17.1 Å². The van der Waals surface area contributed by atoms with Crippen molar-refractivity contribution in [2.45, 2.75) is 38.1 Å². The minimum Gasteiger partial charge on any atom is -0.399 e. The molecule has 4 nitrogen and oxygen atoms in total. The highest BCUT2D eigenvalue weighted by molar-refractivity contribution is 7.88. The van der Waals surface area contributed by atoms with E-state index in [0.29, 0.717) is 11.6 Å². The zero-order valence-electron chi connectivity index (χ0n) is 12.5. The first-order chi connectivity index (χ1) is 9.77. The molecular formula is C15H23FN2O2S. The Morgan fingerprint density at radius 3 is 2.48 bits per heavy atom. The lowest BCUT2D eigenvalue weighted by Crippen LogP contribution is -2.39. The van der Waals surface area contributed by atoms with E-state index in [4.69, 9.17) is 5.73 Å². The van der Waals surface area contributed by atoms with Crippen molar-refractivity contribution in [3.8, 4) is 0 Å². The Labute approximate surface area is 126 Å². The van der Waals surface area contributed by atoms with Crippen LogP contribution in [0.25, 0.3) is 0 Å². The molecule has 1 aliphatic rings. The van der Waals surface area contributed by atoms with E-state index in [9.17, 15) is 12.8 Å². The number of halogens is 1. The Bertz CT molecular complexity index is 596. The predicted octanol–water partition coefficient (Wildman–Crippen LogP) is 2.40. The lowest BCUT2D eigenvalue weighted by molar-refractivity contribution is 0.236. The molecule has 118 valence electrons. The number of benzene rings is 1. The van der Waals surface area contributed by atoms with Gasteiger partial charge in [-0.1, -0.05) is 0 Å². The molecule has 0 aliphatic heterocycles. The molecule has 1 aliphatic carbocycles. The monoisotopic (exact) mass is 314 g/mol. The van der Waals surface area contributed by atoms with Gasteiger partial charge in [0, 0.05) is 18.8 Å². The van der Waals surface area contributed by atoms with E-state index < -0.39 is 10.0 Å². The van der Waals surface area contributed by atoms with Crippen LogP contribution in [0.1, 0.15) is 31.2 Å². The molecular weight excluding hydrogens is 291 g/mol. The maximum Gasteiger partial charge on any atom is 0.211 e. The van der Waals surface area contributed by atoms with Crippen LogP contribution in [0, 0.1) is 11.7 Å². The summed E-state index contributed by atoms with van der Waals surface area (Å²) in [5.74, 6) is 0.183. The fourth-order valence-electron chi connectivity index (χ4n) is 3.05. The van der Waals surface area contributed by atoms with Crippen molar-refractivity contribution in [2.75, 3.05) is 19.0 Å². The SMILES string of the molecule is CN([C@H]1CC[C@@H](Cc2cc(F)ccc2N)CC1)S(C)(=O)=O. The van der Waals surface area contributed by atoms with E-state index in [1.807, 2.05) is 0 Å². The first-order valence-electron chi connectivity index (χ1n) is 7.24. The van der Waals surface area contributed by atoms with E-state index >= 15 is 0 Å². The van der Waals surface area contributed by atoms with Crippen LogP contribution in [0.15, 0.2) is 18.2 Å². The van der Waals surface area contributed by atoms with Gasteiger partial charge in [0.25, 0.3) is 0 Å². The summed E-state index contributed by atoms with van der Waals surface area (Å²) in [6, 6.07) is 4.57. The maximum atomic E-state index is 13.3. The molecule has 21 heavy (non-hydrogen) atoms. The fourth-order valence-corrected chi connectivity index (χ4v) is 3.80. The van der Waals surface area contributed by atoms with Crippen molar-refractivity contribution in [3.05, 3.63) is 29.6 Å². The average molecular weight is 314 g/mol. The summed E-state index contributed by atoms with van der Waals surface area (Å²) in [4.78, 5) is 0. The lowest BCUT2D eigenvalue weighted by Gasteiger charge is -2.33. The van der Waals surface area contributed by atoms with Gasteiger partial charge in [-0.05, 0) is 61.8 Å². The smallest absolute Gasteiger partial charge is 0.211 e. The van der Waals surface area contributed by atoms with Crippen LogP contribution in [0.5, 0.6) is 0 Å². The van der Waals surface area contributed by atoms with Crippen molar-refractivity contribution < 1.29 is 12.8 Å². The highest BCUT2D eigenvalue weighted by atomic mass is 32.2. The predicted molar refractivity (Wildman–Crippen MR) is 82.9 cm³/mol. The number of hydrogen-bond acceptors (Lipinski definition) is 3. The minimum absolute atomic E-state index is 0.0844. The van der Waals surface area contributed by atoms with Crippen molar-refractivity contribution in [3.63, 3.8) is 0 Å². The van der Waals surface area contributed by atoms with Crippen LogP contribution in [-0.2, 0) is 16.4 Å². The minimum atomic E-state index is -3.13. The molecule has 0 atom stereocenters. The second-order valence-corrected chi connectivity index (χ2v) is 8.04. The standard InChI is InChI=1S/C15H23FN2O2S/c1-18(21(2,19)20)14-6-3-11(4-7-14)9-12-10-13(16)5-8-15(12)17/h5,8,10-11,14H,3-4,6-7,9,17H2,1-2H3/t11-,14+. The number of anilines is 1. The topological polar surface area (TPSA) is 63.4 Å². The van der Waals surface area contributed by atoms with Crippen LogP contribution in [0.4, 0.5) is 10.1 Å². The van der Waals surface area contributed by atoms with Crippen molar-refractivity contribution in [1.29, 1.82) is 0 Å². The lowest BCUT2D eigenvalue weighted by atomic mass is 9.82. The second kappa shape index (κ2) is 6.32. The van der Waals surface area contributed by atoms with E-state index in [0.717, 1.165) is 37.7 Å². The first kappa shape index (κ1) is 16.2. The van der Waals surface area contributed by atoms with Crippen LogP contribution >= 0.6 is 0 Å². The Hall–Kier alpha value is -1.14. The Kier molecular flexibility index (Phi) is 4.88. The normalized spacial score (nSPS) is 23.4. The zero-order valence-corrected chi connectivity index (χ0v) is 13.4. The summed E-state index contributed by atoms with van der Waals surface area (Å²) in [6.45, 7) is 0. The summed E-state index contributed by atoms with van der Waals surface area (Å²) in [7, 11) is -1.48. The summed E-state index contributed by atoms with van der Waals surface area (Å²) in [5.41, 5.74) is 7.37. The molecule has 2 rings (SSSR count). The molecule has 1 aromatic carbocycles. The molecule has 2 N–H and O–H groups in total. The van der Waals surface area contributed by atoms with Crippen LogP contribution in [0.2, 0.25) is 0 Å². The second-order valence-electron chi connectivity index (χ2n) is 6.00. The highest BCUT2D eigenvalue weighted by Crippen LogP contribution is 2.31. The van der Waals surface area contributed by atoms with Gasteiger partial charge in [0.1, 0.15) is 5.82 Å². The highest BCUT2D eigenvalue weighted by Gasteiger charge is 2.28. The molecule has 1 aromatic rings. The summed E-state index contributed by atoms with van der Waals surface area (Å²) >= 11 is 0. The summed E-state index contributed by atoms with van der Waals surface area (Å²) in [6.07, 6.45) is 5.60. The number of nitrogen functional groups attached to an aromatic ring is 1. The number of sulfonamides is 1. The van der Waals surface area contributed by atoms with E-state index in [2.05, 4.69) is 0 Å². The van der Waals surface area contributed by atoms with E-state index in [1.165, 1.54) is 22.7 Å². The number of nitrogens with zero attached hydrogens (tertiary/aromatic N) is 1. The molecule has 0 heterocycles. The van der Waals surface area contributed by atoms with E-state index in [-0.39, 0.29) is 11.9 Å². The van der Waals surface area contributed by atoms with Gasteiger partial charge in [-0.2, -0.15) is 0 Å². The average Bonchev–Trinajstić information content (AvgIpc) is 2.42. The third-order valence-corrected chi connectivity index (χ3v) is 5.81. The Balaban J connectivity index is 1.94. The third-order valence-electron chi connectivity index (χ3n) is 4.47. The molecule has 0 unspecified atom stereocenters. The van der Waals surface area contributed by atoms with Crippen LogP contribution < -0.4 is 5.73 Å². The molecule has 0 radical (unpaired) electrons.